The largest absolute Gasteiger partial charge is 0.391 e. The highest BCUT2D eigenvalue weighted by Gasteiger charge is 2.14. The maximum absolute atomic E-state index is 10.4. The maximum Gasteiger partial charge on any atom is 0.160 e. The average molecular weight is 148 g/mol. The van der Waals surface area contributed by atoms with Gasteiger partial charge in [0, 0.05) is 6.42 Å². The molecule has 0 spiro atoms. The van der Waals surface area contributed by atoms with Crippen molar-refractivity contribution in [2.24, 2.45) is 0 Å². The summed E-state index contributed by atoms with van der Waals surface area (Å²) in [4.78, 5) is 10.4. The van der Waals surface area contributed by atoms with Crippen molar-refractivity contribution < 1.29 is 20.1 Å². The minimum absolute atomic E-state index is 0.186. The first-order valence-electron chi connectivity index (χ1n) is 3.06. The molecule has 0 radical (unpaired) electrons. The molecule has 0 aromatic carbocycles. The van der Waals surface area contributed by atoms with Gasteiger partial charge in [-0.1, -0.05) is 0 Å². The Morgan fingerprint density at radius 3 is 2.30 bits per heavy atom. The van der Waals surface area contributed by atoms with Crippen LogP contribution in [0, 0.1) is 0 Å². The number of hydrogen-bond acceptors (Lipinski definition) is 4. The minimum atomic E-state index is -1.06. The third kappa shape index (κ3) is 3.55. The van der Waals surface area contributed by atoms with E-state index >= 15 is 0 Å². The first kappa shape index (κ1) is 9.55. The van der Waals surface area contributed by atoms with E-state index in [2.05, 4.69) is 0 Å². The molecule has 60 valence electrons. The van der Waals surface area contributed by atoms with Crippen molar-refractivity contribution in [2.75, 3.05) is 6.61 Å². The van der Waals surface area contributed by atoms with Crippen LogP contribution in [0.15, 0.2) is 0 Å². The highest BCUT2D eigenvalue weighted by molar-refractivity contribution is 5.79. The zero-order valence-electron chi connectivity index (χ0n) is 5.82. The normalized spacial score (nSPS) is 16.4. The van der Waals surface area contributed by atoms with E-state index in [1.165, 1.54) is 6.92 Å². The van der Waals surface area contributed by atoms with Gasteiger partial charge in [0.05, 0.1) is 12.2 Å². The molecule has 0 heterocycles. The highest BCUT2D eigenvalue weighted by Crippen LogP contribution is 1.97. The lowest BCUT2D eigenvalue weighted by Crippen LogP contribution is -2.26. The van der Waals surface area contributed by atoms with Crippen molar-refractivity contribution in [1.82, 2.24) is 0 Å². The molecule has 0 aliphatic carbocycles. The average Bonchev–Trinajstić information content (AvgIpc) is 1.87. The van der Waals surface area contributed by atoms with Crippen LogP contribution in [-0.2, 0) is 4.79 Å². The van der Waals surface area contributed by atoms with Crippen LogP contribution in [0.3, 0.4) is 0 Å². The van der Waals surface area contributed by atoms with Gasteiger partial charge in [-0.05, 0) is 6.92 Å². The number of hydrogen-bond donors (Lipinski definition) is 3. The fourth-order valence-corrected chi connectivity index (χ4v) is 0.468. The third-order valence-electron chi connectivity index (χ3n) is 1.17. The predicted octanol–water partition coefficient (Wildman–Crippen LogP) is -1.32. The Bertz CT molecular complexity index is 110. The van der Waals surface area contributed by atoms with Gasteiger partial charge >= 0.3 is 0 Å². The molecule has 0 amide bonds. The van der Waals surface area contributed by atoms with Crippen molar-refractivity contribution in [1.29, 1.82) is 0 Å². The summed E-state index contributed by atoms with van der Waals surface area (Å²) in [6.07, 6.45) is -2.16. The Morgan fingerprint density at radius 2 is 2.00 bits per heavy atom. The van der Waals surface area contributed by atoms with E-state index in [-0.39, 0.29) is 6.42 Å². The topological polar surface area (TPSA) is 77.8 Å². The molecule has 0 aromatic heterocycles. The lowest BCUT2D eigenvalue weighted by atomic mass is 10.1. The molecule has 4 heteroatoms. The van der Waals surface area contributed by atoms with E-state index in [0.717, 1.165) is 0 Å². The van der Waals surface area contributed by atoms with Crippen LogP contribution in [0.4, 0.5) is 0 Å². The number of carbonyl (C=O) groups is 1. The lowest BCUT2D eigenvalue weighted by molar-refractivity contribution is -0.125. The molecular weight excluding hydrogens is 136 g/mol. The zero-order chi connectivity index (χ0) is 8.15. The second-order valence-corrected chi connectivity index (χ2v) is 2.21. The molecule has 0 rings (SSSR count). The van der Waals surface area contributed by atoms with Crippen LogP contribution in [0.2, 0.25) is 0 Å². The van der Waals surface area contributed by atoms with Crippen LogP contribution in [0.5, 0.6) is 0 Å². The van der Waals surface area contributed by atoms with Crippen molar-refractivity contribution in [3.63, 3.8) is 0 Å². The van der Waals surface area contributed by atoms with Gasteiger partial charge in [-0.2, -0.15) is 0 Å². The standard InChI is InChI=1S/C6H12O4/c1-4(8)6(10)2-5(9)3-7/h4,6-8,10H,2-3H2,1H3/t4-,6-/m0/s1. The second-order valence-electron chi connectivity index (χ2n) is 2.21. The Morgan fingerprint density at radius 1 is 1.50 bits per heavy atom. The van der Waals surface area contributed by atoms with Crippen molar-refractivity contribution in [2.45, 2.75) is 25.6 Å². The number of ketones is 1. The molecule has 0 bridgehead atoms. The Labute approximate surface area is 59.1 Å². The van der Waals surface area contributed by atoms with Crippen LogP contribution >= 0.6 is 0 Å². The molecule has 2 atom stereocenters. The van der Waals surface area contributed by atoms with Gasteiger partial charge in [0.1, 0.15) is 6.61 Å². The number of Topliss-reactive ketones (excluding diaryl/α,β-unsaturated/α-hetero) is 1. The predicted molar refractivity (Wildman–Crippen MR) is 34.4 cm³/mol. The third-order valence-corrected chi connectivity index (χ3v) is 1.17. The van der Waals surface area contributed by atoms with Crippen molar-refractivity contribution in [3.8, 4) is 0 Å². The zero-order valence-corrected chi connectivity index (χ0v) is 5.82. The Hall–Kier alpha value is -0.450. The molecule has 4 nitrogen and oxygen atoms in total. The molecular formula is C6H12O4. The van der Waals surface area contributed by atoms with Gasteiger partial charge in [-0.15, -0.1) is 0 Å². The lowest BCUT2D eigenvalue weighted by Gasteiger charge is -2.10. The summed E-state index contributed by atoms with van der Waals surface area (Å²) >= 11 is 0. The molecule has 0 saturated carbocycles. The van der Waals surface area contributed by atoms with E-state index in [0.29, 0.717) is 0 Å². The summed E-state index contributed by atoms with van der Waals surface area (Å²) in [5.74, 6) is -0.464. The van der Waals surface area contributed by atoms with Gasteiger partial charge in [-0.25, -0.2) is 0 Å². The molecule has 0 saturated heterocycles. The van der Waals surface area contributed by atoms with E-state index < -0.39 is 24.6 Å². The van der Waals surface area contributed by atoms with E-state index in [4.69, 9.17) is 15.3 Å². The molecule has 10 heavy (non-hydrogen) atoms. The Balaban J connectivity index is 3.57. The quantitative estimate of drug-likeness (QED) is 0.462. The molecule has 0 aliphatic heterocycles. The van der Waals surface area contributed by atoms with Gasteiger partial charge in [0.25, 0.3) is 0 Å². The monoisotopic (exact) mass is 148 g/mol. The fourth-order valence-electron chi connectivity index (χ4n) is 0.468. The second kappa shape index (κ2) is 4.38. The van der Waals surface area contributed by atoms with Crippen LogP contribution in [0.1, 0.15) is 13.3 Å². The maximum atomic E-state index is 10.4. The number of rotatable bonds is 4. The van der Waals surface area contributed by atoms with Gasteiger partial charge in [0.2, 0.25) is 0 Å². The first-order valence-corrected chi connectivity index (χ1v) is 3.06. The van der Waals surface area contributed by atoms with Crippen LogP contribution in [0.25, 0.3) is 0 Å². The smallest absolute Gasteiger partial charge is 0.160 e. The molecule has 0 unspecified atom stereocenters. The summed E-state index contributed by atoms with van der Waals surface area (Å²) in [5.41, 5.74) is 0. The summed E-state index contributed by atoms with van der Waals surface area (Å²) in [5, 5.41) is 25.8. The summed E-state index contributed by atoms with van der Waals surface area (Å²) < 4.78 is 0. The molecule has 0 aromatic rings. The molecule has 0 fully saturated rings. The van der Waals surface area contributed by atoms with E-state index in [9.17, 15) is 4.79 Å². The minimum Gasteiger partial charge on any atom is -0.391 e. The summed E-state index contributed by atoms with van der Waals surface area (Å²) in [7, 11) is 0. The van der Waals surface area contributed by atoms with Crippen LogP contribution in [-0.4, -0.2) is 39.9 Å². The first-order chi connectivity index (χ1) is 4.57. The van der Waals surface area contributed by atoms with Crippen LogP contribution < -0.4 is 0 Å². The Kier molecular flexibility index (Phi) is 4.18. The van der Waals surface area contributed by atoms with Crippen molar-refractivity contribution >= 4 is 5.78 Å². The number of aliphatic hydroxyl groups excluding tert-OH is 3. The van der Waals surface area contributed by atoms with Gasteiger partial charge in [0.15, 0.2) is 5.78 Å². The van der Waals surface area contributed by atoms with Crippen molar-refractivity contribution in [3.05, 3.63) is 0 Å². The summed E-state index contributed by atoms with van der Waals surface area (Å²) in [6, 6.07) is 0. The molecule has 0 aliphatic rings. The van der Waals surface area contributed by atoms with E-state index in [1.807, 2.05) is 0 Å². The summed E-state index contributed by atoms with van der Waals surface area (Å²) in [6.45, 7) is 0.805. The highest BCUT2D eigenvalue weighted by atomic mass is 16.3. The number of aliphatic hydroxyl groups is 3. The van der Waals surface area contributed by atoms with Gasteiger partial charge in [-0.3, -0.25) is 4.79 Å². The van der Waals surface area contributed by atoms with Gasteiger partial charge < -0.3 is 15.3 Å². The molecule has 3 N–H and O–H groups in total. The fraction of sp³-hybridized carbons (Fsp3) is 0.833. The van der Waals surface area contributed by atoms with E-state index in [1.54, 1.807) is 0 Å². The SMILES string of the molecule is C[C@H](O)[C@@H](O)CC(=O)CO. The number of carbonyl (C=O) groups excluding carboxylic acids is 1.